The Balaban J connectivity index is 1.78. The number of anilines is 1. The minimum atomic E-state index is -0.368. The molecular weight excluding hydrogens is 267 g/mol. The molecule has 1 saturated carbocycles. The number of carbonyl (C=O) groups is 1. The number of hydrogen-bond acceptors (Lipinski definition) is 3. The van der Waals surface area contributed by atoms with Gasteiger partial charge in [0.25, 0.3) is 0 Å². The number of carbonyl (C=O) groups excluding carboxylic acids is 1. The average Bonchev–Trinajstić information content (AvgIpc) is 2.53. The zero-order valence-corrected chi connectivity index (χ0v) is 11.9. The maximum Gasteiger partial charge on any atom is 0.212 e. The number of rotatable bonds is 4. The summed E-state index contributed by atoms with van der Waals surface area (Å²) in [4.78, 5) is 11.9. The van der Waals surface area contributed by atoms with Crippen molar-refractivity contribution >= 4 is 11.5 Å². The SMILES string of the molecule is C=C1C(=O)C(Nc2ccccc2F)=C1NC1CCCCC1. The van der Waals surface area contributed by atoms with Crippen molar-refractivity contribution in [1.29, 1.82) is 0 Å². The summed E-state index contributed by atoms with van der Waals surface area (Å²) in [5.41, 5.74) is 1.97. The fourth-order valence-corrected chi connectivity index (χ4v) is 2.89. The van der Waals surface area contributed by atoms with E-state index in [-0.39, 0.29) is 11.6 Å². The summed E-state index contributed by atoms with van der Waals surface area (Å²) >= 11 is 0. The van der Waals surface area contributed by atoms with Crippen LogP contribution in [-0.4, -0.2) is 11.8 Å². The molecule has 0 spiro atoms. The highest BCUT2D eigenvalue weighted by molar-refractivity contribution is 6.20. The van der Waals surface area contributed by atoms with Crippen LogP contribution in [0.1, 0.15) is 32.1 Å². The molecule has 0 heterocycles. The first-order chi connectivity index (χ1) is 10.2. The molecule has 1 fully saturated rings. The summed E-state index contributed by atoms with van der Waals surface area (Å²) in [6.45, 7) is 3.80. The summed E-state index contributed by atoms with van der Waals surface area (Å²) in [5, 5.41) is 6.30. The Hall–Kier alpha value is -2.10. The van der Waals surface area contributed by atoms with E-state index >= 15 is 0 Å². The maximum atomic E-state index is 13.7. The van der Waals surface area contributed by atoms with Crippen LogP contribution in [0, 0.1) is 5.82 Å². The molecule has 0 bridgehead atoms. The molecule has 0 atom stereocenters. The molecule has 0 radical (unpaired) electrons. The molecule has 4 heteroatoms. The first-order valence-electron chi connectivity index (χ1n) is 7.43. The normalized spacial score (nSPS) is 19.5. The van der Waals surface area contributed by atoms with Crippen molar-refractivity contribution in [3.63, 3.8) is 0 Å². The topological polar surface area (TPSA) is 41.1 Å². The largest absolute Gasteiger partial charge is 0.380 e. The van der Waals surface area contributed by atoms with Gasteiger partial charge >= 0.3 is 0 Å². The monoisotopic (exact) mass is 286 g/mol. The lowest BCUT2D eigenvalue weighted by atomic mass is 9.89. The van der Waals surface area contributed by atoms with Gasteiger partial charge < -0.3 is 10.6 Å². The molecule has 0 aliphatic heterocycles. The van der Waals surface area contributed by atoms with E-state index in [0.717, 1.165) is 18.5 Å². The summed E-state index contributed by atoms with van der Waals surface area (Å²) in [5.74, 6) is -0.510. The fourth-order valence-electron chi connectivity index (χ4n) is 2.89. The van der Waals surface area contributed by atoms with E-state index in [1.165, 1.54) is 25.3 Å². The third-order valence-corrected chi connectivity index (χ3v) is 4.14. The molecule has 0 saturated heterocycles. The van der Waals surface area contributed by atoms with Gasteiger partial charge in [0.15, 0.2) is 0 Å². The molecule has 2 aliphatic rings. The zero-order chi connectivity index (χ0) is 14.8. The first kappa shape index (κ1) is 13.9. The standard InChI is InChI=1S/C17H19FN2O/c1-11-15(19-12-7-3-2-4-8-12)16(17(11)21)20-14-10-6-5-9-13(14)18/h5-6,9-10,12,19-20H,1-4,7-8H2. The van der Waals surface area contributed by atoms with Crippen LogP contribution in [0.3, 0.4) is 0 Å². The number of para-hydroxylation sites is 1. The summed E-state index contributed by atoms with van der Waals surface area (Å²) in [7, 11) is 0. The highest BCUT2D eigenvalue weighted by Crippen LogP contribution is 2.31. The highest BCUT2D eigenvalue weighted by Gasteiger charge is 2.34. The molecule has 0 unspecified atom stereocenters. The molecule has 110 valence electrons. The second-order valence-electron chi connectivity index (χ2n) is 5.64. The van der Waals surface area contributed by atoms with Crippen LogP contribution in [0.2, 0.25) is 0 Å². The number of ketones is 1. The van der Waals surface area contributed by atoms with E-state index in [0.29, 0.717) is 23.0 Å². The number of hydrogen-bond donors (Lipinski definition) is 2. The van der Waals surface area contributed by atoms with Crippen LogP contribution in [0.4, 0.5) is 10.1 Å². The van der Waals surface area contributed by atoms with Crippen molar-refractivity contribution in [3.8, 4) is 0 Å². The van der Waals surface area contributed by atoms with E-state index in [4.69, 9.17) is 0 Å². The summed E-state index contributed by atoms with van der Waals surface area (Å²) in [6.07, 6.45) is 5.91. The first-order valence-corrected chi connectivity index (χ1v) is 7.43. The molecule has 0 aromatic heterocycles. The minimum absolute atomic E-state index is 0.142. The quantitative estimate of drug-likeness (QED) is 0.832. The van der Waals surface area contributed by atoms with Crippen molar-refractivity contribution in [1.82, 2.24) is 5.32 Å². The number of Topliss-reactive ketones (excluding diaryl/α,β-unsaturated/α-hetero) is 1. The Morgan fingerprint density at radius 1 is 1.10 bits per heavy atom. The van der Waals surface area contributed by atoms with Gasteiger partial charge in [0.2, 0.25) is 5.78 Å². The van der Waals surface area contributed by atoms with Gasteiger partial charge in [-0.3, -0.25) is 4.79 Å². The van der Waals surface area contributed by atoms with Gasteiger partial charge in [-0.05, 0) is 25.0 Å². The molecule has 0 amide bonds. The van der Waals surface area contributed by atoms with E-state index < -0.39 is 0 Å². The lowest BCUT2D eigenvalue weighted by molar-refractivity contribution is -0.113. The van der Waals surface area contributed by atoms with Crippen LogP contribution >= 0.6 is 0 Å². The second kappa shape index (κ2) is 5.72. The molecule has 3 rings (SSSR count). The lowest BCUT2D eigenvalue weighted by Crippen LogP contribution is -2.40. The zero-order valence-electron chi connectivity index (χ0n) is 11.9. The average molecular weight is 286 g/mol. The van der Waals surface area contributed by atoms with Crippen molar-refractivity contribution < 1.29 is 9.18 Å². The number of halogens is 1. The van der Waals surface area contributed by atoms with E-state index in [1.807, 2.05) is 0 Å². The van der Waals surface area contributed by atoms with Gasteiger partial charge in [-0.2, -0.15) is 0 Å². The molecule has 1 aromatic carbocycles. The van der Waals surface area contributed by atoms with E-state index in [2.05, 4.69) is 17.2 Å². The number of benzene rings is 1. The van der Waals surface area contributed by atoms with Crippen LogP contribution in [0.5, 0.6) is 0 Å². The lowest BCUT2D eigenvalue weighted by Gasteiger charge is -2.32. The van der Waals surface area contributed by atoms with Gasteiger partial charge in [-0.25, -0.2) is 4.39 Å². The third-order valence-electron chi connectivity index (χ3n) is 4.14. The predicted molar refractivity (Wildman–Crippen MR) is 81.2 cm³/mol. The van der Waals surface area contributed by atoms with E-state index in [1.54, 1.807) is 18.2 Å². The summed E-state index contributed by atoms with van der Waals surface area (Å²) in [6, 6.07) is 6.73. The Bertz CT molecular complexity index is 615. The third kappa shape index (κ3) is 2.71. The van der Waals surface area contributed by atoms with Crippen molar-refractivity contribution in [2.24, 2.45) is 0 Å². The van der Waals surface area contributed by atoms with Crippen LogP contribution in [0.25, 0.3) is 0 Å². The Morgan fingerprint density at radius 3 is 2.52 bits per heavy atom. The Labute approximate surface area is 123 Å². The van der Waals surface area contributed by atoms with Crippen molar-refractivity contribution in [2.75, 3.05) is 5.32 Å². The molecule has 21 heavy (non-hydrogen) atoms. The van der Waals surface area contributed by atoms with Crippen LogP contribution in [-0.2, 0) is 4.79 Å². The van der Waals surface area contributed by atoms with Gasteiger partial charge in [-0.15, -0.1) is 0 Å². The maximum absolute atomic E-state index is 13.7. The predicted octanol–water partition coefficient (Wildman–Crippen LogP) is 3.51. The highest BCUT2D eigenvalue weighted by atomic mass is 19.1. The van der Waals surface area contributed by atoms with Crippen LogP contribution < -0.4 is 10.6 Å². The molecule has 2 N–H and O–H groups in total. The summed E-state index contributed by atoms with van der Waals surface area (Å²) < 4.78 is 13.7. The van der Waals surface area contributed by atoms with Gasteiger partial charge in [0, 0.05) is 11.6 Å². The second-order valence-corrected chi connectivity index (χ2v) is 5.64. The molecule has 1 aromatic rings. The van der Waals surface area contributed by atoms with Crippen molar-refractivity contribution in [2.45, 2.75) is 38.1 Å². The molecule has 3 nitrogen and oxygen atoms in total. The van der Waals surface area contributed by atoms with Gasteiger partial charge in [0.05, 0.1) is 11.4 Å². The fraction of sp³-hybridized carbons (Fsp3) is 0.353. The Kier molecular flexibility index (Phi) is 3.78. The minimum Gasteiger partial charge on any atom is -0.380 e. The molecular formula is C17H19FN2O. The van der Waals surface area contributed by atoms with E-state index in [9.17, 15) is 9.18 Å². The van der Waals surface area contributed by atoms with Crippen LogP contribution in [0.15, 0.2) is 47.8 Å². The smallest absolute Gasteiger partial charge is 0.212 e. The van der Waals surface area contributed by atoms with Gasteiger partial charge in [0.1, 0.15) is 11.5 Å². The Morgan fingerprint density at radius 2 is 1.81 bits per heavy atom. The van der Waals surface area contributed by atoms with Gasteiger partial charge in [-0.1, -0.05) is 38.0 Å². The number of allylic oxidation sites excluding steroid dienone is 2. The number of nitrogens with one attached hydrogen (secondary N) is 2. The molecule has 2 aliphatic carbocycles. The van der Waals surface area contributed by atoms with Crippen molar-refractivity contribution in [3.05, 3.63) is 53.6 Å².